The number of hydrogen-bond acceptors (Lipinski definition) is 6. The highest BCUT2D eigenvalue weighted by atomic mass is 32.2. The third kappa shape index (κ3) is 5.96. The van der Waals surface area contributed by atoms with Gasteiger partial charge in [-0.2, -0.15) is 0 Å². The first-order chi connectivity index (χ1) is 14.5. The van der Waals surface area contributed by atoms with E-state index in [9.17, 15) is 9.59 Å². The summed E-state index contributed by atoms with van der Waals surface area (Å²) in [6, 6.07) is 9.99. The van der Waals surface area contributed by atoms with Gasteiger partial charge < -0.3 is 10.1 Å². The van der Waals surface area contributed by atoms with Gasteiger partial charge in [0.15, 0.2) is 5.11 Å². The Morgan fingerprint density at radius 1 is 1.27 bits per heavy atom. The molecule has 1 heterocycles. The van der Waals surface area contributed by atoms with Gasteiger partial charge in [0.2, 0.25) is 5.91 Å². The molecule has 0 fully saturated rings. The van der Waals surface area contributed by atoms with Crippen LogP contribution in [-0.4, -0.2) is 29.9 Å². The van der Waals surface area contributed by atoms with Crippen molar-refractivity contribution < 1.29 is 14.3 Å². The number of fused-ring (bicyclic) bond motifs is 1. The average molecular weight is 464 g/mol. The van der Waals surface area contributed by atoms with Crippen LogP contribution in [0, 0.1) is 5.92 Å². The van der Waals surface area contributed by atoms with E-state index in [-0.39, 0.29) is 17.0 Å². The Morgan fingerprint density at radius 3 is 2.77 bits per heavy atom. The summed E-state index contributed by atoms with van der Waals surface area (Å²) < 4.78 is 4.98. The van der Waals surface area contributed by atoms with Crippen LogP contribution in [0.3, 0.4) is 0 Å². The number of rotatable bonds is 6. The van der Waals surface area contributed by atoms with Crippen LogP contribution in [0.15, 0.2) is 30.3 Å². The molecule has 2 aromatic rings. The predicted molar refractivity (Wildman–Crippen MR) is 127 cm³/mol. The molecule has 9 heteroatoms. The van der Waals surface area contributed by atoms with Crippen molar-refractivity contribution >= 4 is 57.3 Å². The van der Waals surface area contributed by atoms with E-state index in [1.54, 1.807) is 0 Å². The van der Waals surface area contributed by atoms with E-state index in [1.165, 1.54) is 40.6 Å². The standard InChI is InChI=1S/C21H25N3O3S3/c1-13-8-9-15-16(10-13)30-19(18(15)20(26)27-2)22-21(28)24-23-17(25)12-29-11-14-6-4-3-5-7-14/h3-7,13H,8-12H2,1-2H3,(H,23,25)(H2,22,24,28)/t13-/m0/s1. The summed E-state index contributed by atoms with van der Waals surface area (Å²) in [6.45, 7) is 2.21. The minimum atomic E-state index is -0.367. The van der Waals surface area contributed by atoms with Crippen molar-refractivity contribution in [1.82, 2.24) is 10.9 Å². The summed E-state index contributed by atoms with van der Waals surface area (Å²) in [7, 11) is 1.38. The second-order valence-electron chi connectivity index (χ2n) is 7.15. The normalized spacial score (nSPS) is 15.1. The Kier molecular flexibility index (Phi) is 8.12. The van der Waals surface area contributed by atoms with Gasteiger partial charge in [0.25, 0.3) is 0 Å². The lowest BCUT2D eigenvalue weighted by Crippen LogP contribution is -2.44. The number of thiophene rings is 1. The van der Waals surface area contributed by atoms with Crippen LogP contribution >= 0.6 is 35.3 Å². The number of methoxy groups -OCH3 is 1. The number of hydrogen-bond donors (Lipinski definition) is 3. The van der Waals surface area contributed by atoms with E-state index in [1.807, 2.05) is 30.3 Å². The maximum atomic E-state index is 12.3. The van der Waals surface area contributed by atoms with E-state index in [2.05, 4.69) is 23.1 Å². The molecule has 3 rings (SSSR count). The SMILES string of the molecule is COC(=O)c1c(NC(=S)NNC(=O)CSCc2ccccc2)sc2c1CC[C@H](C)C2. The number of ether oxygens (including phenoxy) is 1. The average Bonchev–Trinajstić information content (AvgIpc) is 3.09. The summed E-state index contributed by atoms with van der Waals surface area (Å²) in [5.41, 5.74) is 8.09. The maximum Gasteiger partial charge on any atom is 0.341 e. The lowest BCUT2D eigenvalue weighted by atomic mass is 9.88. The molecule has 6 nitrogen and oxygen atoms in total. The first-order valence-corrected chi connectivity index (χ1v) is 12.1. The summed E-state index contributed by atoms with van der Waals surface area (Å²) in [5, 5.41) is 3.94. The lowest BCUT2D eigenvalue weighted by Gasteiger charge is -2.18. The summed E-state index contributed by atoms with van der Waals surface area (Å²) >= 11 is 8.35. The lowest BCUT2D eigenvalue weighted by molar-refractivity contribution is -0.119. The van der Waals surface area contributed by atoms with Gasteiger partial charge in [-0.1, -0.05) is 37.3 Å². The molecule has 0 bridgehead atoms. The molecule has 1 aromatic carbocycles. The summed E-state index contributed by atoms with van der Waals surface area (Å²) in [4.78, 5) is 25.6. The molecule has 0 spiro atoms. The van der Waals surface area contributed by atoms with Crippen molar-refractivity contribution in [2.24, 2.45) is 5.92 Å². The Balaban J connectivity index is 1.52. The number of thiocarbonyl (C=S) groups is 1. The van der Waals surface area contributed by atoms with Crippen LogP contribution in [0.4, 0.5) is 5.00 Å². The zero-order valence-corrected chi connectivity index (χ0v) is 19.4. The number of esters is 1. The van der Waals surface area contributed by atoms with Crippen molar-refractivity contribution in [1.29, 1.82) is 0 Å². The van der Waals surface area contributed by atoms with Crippen LogP contribution < -0.4 is 16.2 Å². The van der Waals surface area contributed by atoms with Crippen molar-refractivity contribution in [3.8, 4) is 0 Å². The van der Waals surface area contributed by atoms with Crippen LogP contribution in [-0.2, 0) is 28.1 Å². The number of carbonyl (C=O) groups is 2. The number of nitrogens with one attached hydrogen (secondary N) is 3. The van der Waals surface area contributed by atoms with Gasteiger partial charge in [0.1, 0.15) is 5.00 Å². The first kappa shape index (κ1) is 22.6. The van der Waals surface area contributed by atoms with E-state index < -0.39 is 0 Å². The number of benzene rings is 1. The molecule has 1 aromatic heterocycles. The molecule has 3 N–H and O–H groups in total. The van der Waals surface area contributed by atoms with Crippen molar-refractivity contribution in [2.45, 2.75) is 31.9 Å². The van der Waals surface area contributed by atoms with Gasteiger partial charge >= 0.3 is 5.97 Å². The highest BCUT2D eigenvalue weighted by molar-refractivity contribution is 7.99. The first-order valence-electron chi connectivity index (χ1n) is 9.68. The molecule has 0 saturated heterocycles. The summed E-state index contributed by atoms with van der Waals surface area (Å²) in [5.74, 6) is 1.12. The monoisotopic (exact) mass is 463 g/mol. The van der Waals surface area contributed by atoms with Crippen molar-refractivity contribution in [3.63, 3.8) is 0 Å². The minimum absolute atomic E-state index is 0.174. The molecule has 1 amide bonds. The number of carbonyl (C=O) groups excluding carboxylic acids is 2. The molecule has 1 aliphatic rings. The quantitative estimate of drug-likeness (QED) is 0.340. The molecular formula is C21H25N3O3S3. The van der Waals surface area contributed by atoms with Crippen LogP contribution in [0.2, 0.25) is 0 Å². The molecule has 1 aliphatic carbocycles. The molecule has 1 atom stereocenters. The molecule has 0 aliphatic heterocycles. The fraction of sp³-hybridized carbons (Fsp3) is 0.381. The molecular weight excluding hydrogens is 438 g/mol. The number of hydrazine groups is 1. The number of thioether (sulfide) groups is 1. The third-order valence-electron chi connectivity index (χ3n) is 4.79. The highest BCUT2D eigenvalue weighted by Gasteiger charge is 2.28. The van der Waals surface area contributed by atoms with E-state index in [4.69, 9.17) is 17.0 Å². The van der Waals surface area contributed by atoms with Gasteiger partial charge in [-0.3, -0.25) is 15.6 Å². The van der Waals surface area contributed by atoms with Crippen LogP contribution in [0.25, 0.3) is 0 Å². The molecule has 0 saturated carbocycles. The molecule has 0 unspecified atom stereocenters. The zero-order chi connectivity index (χ0) is 21.5. The zero-order valence-electron chi connectivity index (χ0n) is 16.9. The smallest absolute Gasteiger partial charge is 0.341 e. The van der Waals surface area contributed by atoms with Gasteiger partial charge in [-0.25, -0.2) is 4.79 Å². The Bertz CT molecular complexity index is 915. The third-order valence-corrected chi connectivity index (χ3v) is 7.17. The molecule has 160 valence electrons. The number of amides is 1. The largest absolute Gasteiger partial charge is 0.465 e. The molecule has 30 heavy (non-hydrogen) atoms. The number of anilines is 1. The van der Waals surface area contributed by atoms with E-state index in [0.717, 1.165) is 30.6 Å². The van der Waals surface area contributed by atoms with Gasteiger partial charge in [-0.05, 0) is 48.5 Å². The van der Waals surface area contributed by atoms with E-state index in [0.29, 0.717) is 22.2 Å². The fourth-order valence-electron chi connectivity index (χ4n) is 3.29. The van der Waals surface area contributed by atoms with Gasteiger partial charge in [-0.15, -0.1) is 23.1 Å². The van der Waals surface area contributed by atoms with Gasteiger partial charge in [0, 0.05) is 10.6 Å². The highest BCUT2D eigenvalue weighted by Crippen LogP contribution is 2.39. The second kappa shape index (κ2) is 10.8. The second-order valence-corrected chi connectivity index (χ2v) is 9.65. The Hall–Kier alpha value is -2.10. The summed E-state index contributed by atoms with van der Waals surface area (Å²) in [6.07, 6.45) is 2.85. The van der Waals surface area contributed by atoms with Gasteiger partial charge in [0.05, 0.1) is 18.4 Å². The fourth-order valence-corrected chi connectivity index (χ4v) is 5.70. The van der Waals surface area contributed by atoms with Crippen LogP contribution in [0.5, 0.6) is 0 Å². The van der Waals surface area contributed by atoms with Crippen LogP contribution in [0.1, 0.15) is 39.7 Å². The predicted octanol–water partition coefficient (Wildman–Crippen LogP) is 3.91. The Labute approximate surface area is 190 Å². The van der Waals surface area contributed by atoms with Crippen molar-refractivity contribution in [3.05, 3.63) is 51.9 Å². The van der Waals surface area contributed by atoms with E-state index >= 15 is 0 Å². The maximum absolute atomic E-state index is 12.3. The Morgan fingerprint density at radius 2 is 2.03 bits per heavy atom. The minimum Gasteiger partial charge on any atom is -0.465 e. The topological polar surface area (TPSA) is 79.5 Å². The molecule has 0 radical (unpaired) electrons. The van der Waals surface area contributed by atoms with Crippen molar-refractivity contribution in [2.75, 3.05) is 18.2 Å².